The average Bonchev–Trinajstić information content (AvgIpc) is 3.33. The Labute approximate surface area is 207 Å². The van der Waals surface area contributed by atoms with E-state index in [4.69, 9.17) is 9.97 Å². The fourth-order valence-corrected chi connectivity index (χ4v) is 5.97. The summed E-state index contributed by atoms with van der Waals surface area (Å²) < 4.78 is 2.37. The van der Waals surface area contributed by atoms with Crippen LogP contribution in [0.4, 0.5) is 0 Å². The van der Waals surface area contributed by atoms with Gasteiger partial charge < -0.3 is 0 Å². The van der Waals surface area contributed by atoms with Crippen molar-refractivity contribution in [3.8, 4) is 33.8 Å². The zero-order chi connectivity index (χ0) is 23.2. The Morgan fingerprint density at radius 2 is 1.20 bits per heavy atom. The predicted octanol–water partition coefficient (Wildman–Crippen LogP) is 9.00. The summed E-state index contributed by atoms with van der Waals surface area (Å²) in [7, 11) is 0. The highest BCUT2D eigenvalue weighted by Crippen LogP contribution is 2.42. The molecule has 3 heteroatoms. The molecule has 0 unspecified atom stereocenters. The Hall–Kier alpha value is -4.34. The molecule has 2 heterocycles. The largest absolute Gasteiger partial charge is 0.226 e. The van der Waals surface area contributed by atoms with E-state index in [0.29, 0.717) is 0 Å². The third-order valence-electron chi connectivity index (χ3n) is 6.48. The molecular formula is C32H20N2S. The molecule has 0 bridgehead atoms. The number of aromatic nitrogens is 2. The molecule has 7 rings (SSSR count). The molecule has 0 N–H and O–H groups in total. The van der Waals surface area contributed by atoms with E-state index in [0.717, 1.165) is 38.4 Å². The maximum atomic E-state index is 5.20. The van der Waals surface area contributed by atoms with Crippen LogP contribution in [0.25, 0.3) is 64.8 Å². The van der Waals surface area contributed by atoms with Gasteiger partial charge in [-0.15, -0.1) is 11.3 Å². The van der Waals surface area contributed by atoms with Crippen LogP contribution in [0.5, 0.6) is 0 Å². The van der Waals surface area contributed by atoms with Crippen molar-refractivity contribution in [3.63, 3.8) is 0 Å². The zero-order valence-electron chi connectivity index (χ0n) is 18.8. The van der Waals surface area contributed by atoms with Gasteiger partial charge in [0.15, 0.2) is 5.82 Å². The molecule has 0 saturated heterocycles. The van der Waals surface area contributed by atoms with Gasteiger partial charge in [-0.3, -0.25) is 0 Å². The van der Waals surface area contributed by atoms with Crippen molar-refractivity contribution in [1.82, 2.24) is 9.97 Å². The molecule has 0 amide bonds. The summed E-state index contributed by atoms with van der Waals surface area (Å²) in [5, 5.41) is 3.67. The third-order valence-corrected chi connectivity index (χ3v) is 7.63. The lowest BCUT2D eigenvalue weighted by molar-refractivity contribution is 1.24. The first-order valence-corrected chi connectivity index (χ1v) is 12.5. The van der Waals surface area contributed by atoms with Crippen LogP contribution >= 0.6 is 11.3 Å². The average molecular weight is 465 g/mol. The van der Waals surface area contributed by atoms with Crippen molar-refractivity contribution >= 4 is 42.4 Å². The molecule has 0 atom stereocenters. The molecule has 164 valence electrons. The highest BCUT2D eigenvalue weighted by atomic mass is 32.1. The number of hydrogen-bond donors (Lipinski definition) is 0. The van der Waals surface area contributed by atoms with E-state index < -0.39 is 0 Å². The van der Waals surface area contributed by atoms with Gasteiger partial charge in [0.2, 0.25) is 0 Å². The van der Waals surface area contributed by atoms with Crippen LogP contribution in [0.2, 0.25) is 0 Å². The van der Waals surface area contributed by atoms with E-state index in [1.165, 1.54) is 26.4 Å². The lowest BCUT2D eigenvalue weighted by atomic mass is 10.0. The SMILES string of the molecule is c1ccc(-c2cccc(-c3nc(-c4ccccc4)c4sc5ccc6ccccc6c5c4n3)c2)cc1. The van der Waals surface area contributed by atoms with Crippen molar-refractivity contribution in [2.45, 2.75) is 0 Å². The van der Waals surface area contributed by atoms with E-state index in [-0.39, 0.29) is 0 Å². The molecule has 0 radical (unpaired) electrons. The van der Waals surface area contributed by atoms with Crippen LogP contribution in [-0.2, 0) is 0 Å². The van der Waals surface area contributed by atoms with Gasteiger partial charge in [-0.2, -0.15) is 0 Å². The van der Waals surface area contributed by atoms with Gasteiger partial charge in [0, 0.05) is 21.2 Å². The maximum Gasteiger partial charge on any atom is 0.160 e. The number of benzene rings is 5. The Bertz CT molecular complexity index is 1840. The van der Waals surface area contributed by atoms with Crippen molar-refractivity contribution in [2.24, 2.45) is 0 Å². The van der Waals surface area contributed by atoms with Gasteiger partial charge in [-0.1, -0.05) is 109 Å². The van der Waals surface area contributed by atoms with Crippen molar-refractivity contribution in [3.05, 3.63) is 121 Å². The number of rotatable bonds is 3. The van der Waals surface area contributed by atoms with Crippen LogP contribution < -0.4 is 0 Å². The topological polar surface area (TPSA) is 25.8 Å². The first-order chi connectivity index (χ1) is 17.3. The molecule has 7 aromatic rings. The summed E-state index contributed by atoms with van der Waals surface area (Å²) >= 11 is 1.78. The molecule has 0 saturated carbocycles. The molecule has 0 spiro atoms. The number of thiophene rings is 1. The van der Waals surface area contributed by atoms with Crippen LogP contribution in [-0.4, -0.2) is 9.97 Å². The van der Waals surface area contributed by atoms with Crippen LogP contribution in [0, 0.1) is 0 Å². The van der Waals surface area contributed by atoms with Crippen molar-refractivity contribution in [1.29, 1.82) is 0 Å². The lowest BCUT2D eigenvalue weighted by Gasteiger charge is -2.09. The van der Waals surface area contributed by atoms with Crippen molar-refractivity contribution in [2.75, 3.05) is 0 Å². The van der Waals surface area contributed by atoms with Gasteiger partial charge in [0.1, 0.15) is 0 Å². The Balaban J connectivity index is 1.55. The maximum absolute atomic E-state index is 5.20. The minimum Gasteiger partial charge on any atom is -0.226 e. The minimum atomic E-state index is 0.752. The first-order valence-electron chi connectivity index (χ1n) is 11.7. The molecule has 2 nitrogen and oxygen atoms in total. The second-order valence-electron chi connectivity index (χ2n) is 8.65. The predicted molar refractivity (Wildman–Crippen MR) is 149 cm³/mol. The quantitative estimate of drug-likeness (QED) is 0.261. The Morgan fingerprint density at radius 3 is 2.03 bits per heavy atom. The van der Waals surface area contributed by atoms with Crippen LogP contribution in [0.3, 0.4) is 0 Å². The third kappa shape index (κ3) is 3.40. The second-order valence-corrected chi connectivity index (χ2v) is 9.70. The molecule has 0 aliphatic heterocycles. The second kappa shape index (κ2) is 8.15. The fraction of sp³-hybridized carbons (Fsp3) is 0. The van der Waals surface area contributed by atoms with E-state index in [9.17, 15) is 0 Å². The molecule has 0 aliphatic rings. The molecule has 35 heavy (non-hydrogen) atoms. The van der Waals surface area contributed by atoms with Gasteiger partial charge in [-0.05, 0) is 34.0 Å². The zero-order valence-corrected chi connectivity index (χ0v) is 19.7. The van der Waals surface area contributed by atoms with Gasteiger partial charge in [0.05, 0.1) is 15.9 Å². The summed E-state index contributed by atoms with van der Waals surface area (Å²) in [4.78, 5) is 10.4. The number of nitrogens with zero attached hydrogens (tertiary/aromatic N) is 2. The smallest absolute Gasteiger partial charge is 0.160 e. The fourth-order valence-electron chi connectivity index (χ4n) is 4.80. The standard InChI is InChI=1S/C32H20N2S/c1-3-10-21(11-4-1)24-15-9-16-25(20-24)32-33-29(23-13-5-2-6-14-23)31-30(34-32)28-26-17-8-7-12-22(26)18-19-27(28)35-31/h1-20H. The van der Waals surface area contributed by atoms with E-state index in [1.54, 1.807) is 11.3 Å². The van der Waals surface area contributed by atoms with Crippen molar-refractivity contribution < 1.29 is 0 Å². The molecule has 5 aromatic carbocycles. The molecular weight excluding hydrogens is 444 g/mol. The van der Waals surface area contributed by atoms with Gasteiger partial charge in [0.25, 0.3) is 0 Å². The van der Waals surface area contributed by atoms with E-state index in [1.807, 2.05) is 12.1 Å². The minimum absolute atomic E-state index is 0.752. The highest BCUT2D eigenvalue weighted by Gasteiger charge is 2.18. The summed E-state index contributed by atoms with van der Waals surface area (Å²) in [5.74, 6) is 0.752. The number of fused-ring (bicyclic) bond motifs is 5. The summed E-state index contributed by atoms with van der Waals surface area (Å²) in [6, 6.07) is 42.4. The molecule has 2 aromatic heterocycles. The van der Waals surface area contributed by atoms with Gasteiger partial charge in [-0.25, -0.2) is 9.97 Å². The molecule has 0 aliphatic carbocycles. The lowest BCUT2D eigenvalue weighted by Crippen LogP contribution is -1.94. The van der Waals surface area contributed by atoms with Crippen LogP contribution in [0.15, 0.2) is 121 Å². The summed E-state index contributed by atoms with van der Waals surface area (Å²) in [6.07, 6.45) is 0. The number of hydrogen-bond acceptors (Lipinski definition) is 3. The highest BCUT2D eigenvalue weighted by molar-refractivity contribution is 7.26. The normalized spacial score (nSPS) is 11.4. The van der Waals surface area contributed by atoms with E-state index in [2.05, 4.69) is 109 Å². The Morgan fingerprint density at radius 1 is 0.514 bits per heavy atom. The van der Waals surface area contributed by atoms with E-state index >= 15 is 0 Å². The Kier molecular flexibility index (Phi) is 4.68. The van der Waals surface area contributed by atoms with Crippen LogP contribution in [0.1, 0.15) is 0 Å². The van der Waals surface area contributed by atoms with Gasteiger partial charge >= 0.3 is 0 Å². The first kappa shape index (κ1) is 20.1. The summed E-state index contributed by atoms with van der Waals surface area (Å²) in [5.41, 5.74) is 6.48. The molecule has 0 fully saturated rings. The summed E-state index contributed by atoms with van der Waals surface area (Å²) in [6.45, 7) is 0. The monoisotopic (exact) mass is 464 g/mol.